The van der Waals surface area contributed by atoms with Gasteiger partial charge in [-0.25, -0.2) is 9.37 Å². The van der Waals surface area contributed by atoms with Gasteiger partial charge in [-0.15, -0.1) is 0 Å². The van der Waals surface area contributed by atoms with E-state index in [9.17, 15) is 4.39 Å². The zero-order chi connectivity index (χ0) is 9.26. The smallest absolute Gasteiger partial charge is 0.181 e. The SMILES string of the molecule is Cc1ccc(-c2cnco2)cc1F. The second-order valence-corrected chi connectivity index (χ2v) is 2.83. The van der Waals surface area contributed by atoms with Crippen LogP contribution in [0.1, 0.15) is 5.56 Å². The van der Waals surface area contributed by atoms with Gasteiger partial charge in [0.15, 0.2) is 12.2 Å². The molecule has 1 aromatic heterocycles. The maximum atomic E-state index is 13.1. The van der Waals surface area contributed by atoms with Crippen molar-refractivity contribution in [2.75, 3.05) is 0 Å². The van der Waals surface area contributed by atoms with Gasteiger partial charge in [-0.05, 0) is 18.6 Å². The van der Waals surface area contributed by atoms with Crippen LogP contribution in [-0.2, 0) is 0 Å². The minimum absolute atomic E-state index is 0.228. The van der Waals surface area contributed by atoms with Crippen LogP contribution in [0.15, 0.2) is 35.2 Å². The van der Waals surface area contributed by atoms with Gasteiger partial charge in [0.2, 0.25) is 0 Å². The zero-order valence-electron chi connectivity index (χ0n) is 7.12. The van der Waals surface area contributed by atoms with Gasteiger partial charge in [0, 0.05) is 5.56 Å². The number of benzene rings is 1. The molecule has 0 amide bonds. The summed E-state index contributed by atoms with van der Waals surface area (Å²) in [4.78, 5) is 3.76. The van der Waals surface area contributed by atoms with Crippen molar-refractivity contribution in [3.8, 4) is 11.3 Å². The number of aromatic nitrogens is 1. The first kappa shape index (κ1) is 7.98. The molecule has 0 saturated heterocycles. The standard InChI is InChI=1S/C10H8FNO/c1-7-2-3-8(4-9(7)11)10-5-12-6-13-10/h2-6H,1H3. The number of hydrogen-bond donors (Lipinski definition) is 0. The number of oxazole rings is 1. The highest BCUT2D eigenvalue weighted by atomic mass is 19.1. The molecule has 0 unspecified atom stereocenters. The Morgan fingerprint density at radius 2 is 2.23 bits per heavy atom. The molecule has 0 N–H and O–H groups in total. The first-order chi connectivity index (χ1) is 6.27. The second kappa shape index (κ2) is 3.01. The molecule has 13 heavy (non-hydrogen) atoms. The van der Waals surface area contributed by atoms with Gasteiger partial charge in [-0.3, -0.25) is 0 Å². The Bertz CT molecular complexity index is 409. The van der Waals surface area contributed by atoms with E-state index in [4.69, 9.17) is 4.42 Å². The van der Waals surface area contributed by atoms with Gasteiger partial charge < -0.3 is 4.42 Å². The van der Waals surface area contributed by atoms with E-state index in [0.717, 1.165) is 0 Å². The summed E-state index contributed by atoms with van der Waals surface area (Å²) in [6.07, 6.45) is 2.89. The Morgan fingerprint density at radius 3 is 2.85 bits per heavy atom. The van der Waals surface area contributed by atoms with Crippen molar-refractivity contribution in [3.05, 3.63) is 42.2 Å². The summed E-state index contributed by atoms with van der Waals surface area (Å²) in [5.74, 6) is 0.354. The molecule has 0 spiro atoms. The monoisotopic (exact) mass is 177 g/mol. The van der Waals surface area contributed by atoms with Crippen molar-refractivity contribution >= 4 is 0 Å². The van der Waals surface area contributed by atoms with E-state index >= 15 is 0 Å². The van der Waals surface area contributed by atoms with Gasteiger partial charge in [-0.1, -0.05) is 12.1 Å². The fourth-order valence-corrected chi connectivity index (χ4v) is 1.10. The van der Waals surface area contributed by atoms with Gasteiger partial charge >= 0.3 is 0 Å². The predicted octanol–water partition coefficient (Wildman–Crippen LogP) is 2.79. The average Bonchev–Trinajstić information content (AvgIpc) is 2.62. The van der Waals surface area contributed by atoms with E-state index in [1.807, 2.05) is 0 Å². The minimum atomic E-state index is -0.228. The molecule has 2 rings (SSSR count). The highest BCUT2D eigenvalue weighted by Crippen LogP contribution is 2.20. The molecule has 3 heteroatoms. The Hall–Kier alpha value is -1.64. The predicted molar refractivity (Wildman–Crippen MR) is 46.6 cm³/mol. The number of hydrogen-bond acceptors (Lipinski definition) is 2. The van der Waals surface area contributed by atoms with Gasteiger partial charge in [0.1, 0.15) is 5.82 Å². The lowest BCUT2D eigenvalue weighted by atomic mass is 10.1. The van der Waals surface area contributed by atoms with Crippen LogP contribution in [-0.4, -0.2) is 4.98 Å². The van der Waals surface area contributed by atoms with Crippen molar-refractivity contribution in [3.63, 3.8) is 0 Å². The molecule has 2 nitrogen and oxygen atoms in total. The van der Waals surface area contributed by atoms with Crippen molar-refractivity contribution in [1.29, 1.82) is 0 Å². The molecule has 0 aliphatic carbocycles. The summed E-state index contributed by atoms with van der Waals surface area (Å²) in [7, 11) is 0. The van der Waals surface area contributed by atoms with Crippen LogP contribution in [0.2, 0.25) is 0 Å². The number of rotatable bonds is 1. The van der Waals surface area contributed by atoms with Crippen molar-refractivity contribution in [1.82, 2.24) is 4.98 Å². The molecular weight excluding hydrogens is 169 g/mol. The summed E-state index contributed by atoms with van der Waals surface area (Å²) < 4.78 is 18.1. The largest absolute Gasteiger partial charge is 0.444 e. The summed E-state index contributed by atoms with van der Waals surface area (Å²) in [5, 5.41) is 0. The van der Waals surface area contributed by atoms with Crippen LogP contribution in [0.4, 0.5) is 4.39 Å². The Morgan fingerprint density at radius 1 is 1.38 bits per heavy atom. The van der Waals surface area contributed by atoms with Gasteiger partial charge in [0.05, 0.1) is 6.20 Å². The average molecular weight is 177 g/mol. The molecule has 0 atom stereocenters. The summed E-state index contributed by atoms with van der Waals surface area (Å²) in [6, 6.07) is 4.96. The first-order valence-corrected chi connectivity index (χ1v) is 3.92. The lowest BCUT2D eigenvalue weighted by molar-refractivity contribution is 0.570. The summed E-state index contributed by atoms with van der Waals surface area (Å²) in [5.41, 5.74) is 1.34. The van der Waals surface area contributed by atoms with E-state index in [2.05, 4.69) is 4.98 Å². The highest BCUT2D eigenvalue weighted by Gasteiger charge is 2.03. The van der Waals surface area contributed by atoms with Gasteiger partial charge in [-0.2, -0.15) is 0 Å². The molecule has 2 aromatic rings. The molecule has 0 saturated carbocycles. The van der Waals surface area contributed by atoms with Crippen LogP contribution in [0, 0.1) is 12.7 Å². The molecule has 1 aromatic carbocycles. The van der Waals surface area contributed by atoms with E-state index in [-0.39, 0.29) is 5.82 Å². The topological polar surface area (TPSA) is 26.0 Å². The molecule has 0 fully saturated rings. The fourth-order valence-electron chi connectivity index (χ4n) is 1.10. The molecule has 1 heterocycles. The first-order valence-electron chi connectivity index (χ1n) is 3.92. The zero-order valence-corrected chi connectivity index (χ0v) is 7.12. The Labute approximate surface area is 75.0 Å². The fraction of sp³-hybridized carbons (Fsp3) is 0.100. The van der Waals surface area contributed by atoms with Crippen LogP contribution < -0.4 is 0 Å². The third kappa shape index (κ3) is 1.45. The summed E-state index contributed by atoms with van der Waals surface area (Å²) >= 11 is 0. The third-order valence-electron chi connectivity index (χ3n) is 1.89. The molecule has 0 aliphatic heterocycles. The number of aryl methyl sites for hydroxylation is 1. The number of halogens is 1. The van der Waals surface area contributed by atoms with Crippen molar-refractivity contribution < 1.29 is 8.81 Å². The Balaban J connectivity index is 2.49. The van der Waals surface area contributed by atoms with E-state index in [1.165, 1.54) is 12.5 Å². The van der Waals surface area contributed by atoms with E-state index in [1.54, 1.807) is 25.3 Å². The molecule has 0 radical (unpaired) electrons. The molecular formula is C10H8FNO. The quantitative estimate of drug-likeness (QED) is 0.669. The third-order valence-corrected chi connectivity index (χ3v) is 1.89. The normalized spacial score (nSPS) is 10.3. The van der Waals surface area contributed by atoms with Gasteiger partial charge in [0.25, 0.3) is 0 Å². The highest BCUT2D eigenvalue weighted by molar-refractivity contribution is 5.56. The van der Waals surface area contributed by atoms with E-state index in [0.29, 0.717) is 16.9 Å². The molecule has 66 valence electrons. The minimum Gasteiger partial charge on any atom is -0.444 e. The van der Waals surface area contributed by atoms with Crippen LogP contribution in [0.25, 0.3) is 11.3 Å². The van der Waals surface area contributed by atoms with Crippen LogP contribution in [0.3, 0.4) is 0 Å². The summed E-state index contributed by atoms with van der Waals surface area (Å²) in [6.45, 7) is 1.72. The van der Waals surface area contributed by atoms with Crippen molar-refractivity contribution in [2.45, 2.75) is 6.92 Å². The van der Waals surface area contributed by atoms with Crippen LogP contribution in [0.5, 0.6) is 0 Å². The lowest BCUT2D eigenvalue weighted by Crippen LogP contribution is -1.82. The molecule has 0 aliphatic rings. The second-order valence-electron chi connectivity index (χ2n) is 2.83. The lowest BCUT2D eigenvalue weighted by Gasteiger charge is -1.98. The van der Waals surface area contributed by atoms with Crippen LogP contribution >= 0.6 is 0 Å². The van der Waals surface area contributed by atoms with E-state index < -0.39 is 0 Å². The molecule has 0 bridgehead atoms. The number of nitrogens with zero attached hydrogens (tertiary/aromatic N) is 1. The maximum absolute atomic E-state index is 13.1. The Kier molecular flexibility index (Phi) is 1.85. The maximum Gasteiger partial charge on any atom is 0.181 e. The van der Waals surface area contributed by atoms with Crippen molar-refractivity contribution in [2.24, 2.45) is 0 Å².